The third kappa shape index (κ3) is 3.63. The third-order valence-corrected chi connectivity index (χ3v) is 5.75. The summed E-state index contributed by atoms with van der Waals surface area (Å²) < 4.78 is 28.0. The molecule has 0 aromatic heterocycles. The largest absolute Gasteiger partial charge is 0.279 e. The maximum Gasteiger partial charge on any atom is 0.261 e. The number of hydrogen-bond donors (Lipinski definition) is 1. The minimum atomic E-state index is -3.63. The van der Waals surface area contributed by atoms with E-state index >= 15 is 0 Å². The van der Waals surface area contributed by atoms with Gasteiger partial charge in [-0.1, -0.05) is 48.5 Å². The molecule has 0 amide bonds. The van der Waals surface area contributed by atoms with E-state index in [1.807, 2.05) is 66.9 Å². The molecule has 0 fully saturated rings. The second-order valence-electron chi connectivity index (χ2n) is 5.19. The second-order valence-corrected chi connectivity index (χ2v) is 7.75. The monoisotopic (exact) mass is 355 g/mol. The predicted octanol–water partition coefficient (Wildman–Crippen LogP) is 4.88. The fourth-order valence-electron chi connectivity index (χ4n) is 2.40. The van der Waals surface area contributed by atoms with Crippen molar-refractivity contribution in [1.82, 2.24) is 0 Å². The fraction of sp³-hybridized carbons (Fsp3) is 0.0526. The molecule has 3 rings (SSSR count). The highest BCUT2D eigenvalue weighted by Gasteiger charge is 2.16. The van der Waals surface area contributed by atoms with Gasteiger partial charge in [0.25, 0.3) is 10.0 Å². The molecule has 0 aliphatic carbocycles. The lowest BCUT2D eigenvalue weighted by molar-refractivity contribution is 0.601. The standard InChI is InChI=1S/C19H17NO2S2/c1-23-16-11-13-17(14-12-16)24(21,22)20-19-10-6-5-9-18(19)15-7-3-2-4-8-15/h2-14,20H,1H3. The molecule has 122 valence electrons. The van der Waals surface area contributed by atoms with Crippen LogP contribution in [0, 0.1) is 0 Å². The summed E-state index contributed by atoms with van der Waals surface area (Å²) in [5, 5.41) is 0. The molecule has 3 nitrogen and oxygen atoms in total. The summed E-state index contributed by atoms with van der Waals surface area (Å²) in [5.74, 6) is 0. The van der Waals surface area contributed by atoms with Gasteiger partial charge in [0.05, 0.1) is 10.6 Å². The Hall–Kier alpha value is -2.24. The van der Waals surface area contributed by atoms with Crippen LogP contribution in [0.5, 0.6) is 0 Å². The molecule has 0 atom stereocenters. The van der Waals surface area contributed by atoms with Gasteiger partial charge in [-0.15, -0.1) is 11.8 Å². The molecular formula is C19H17NO2S2. The number of rotatable bonds is 5. The molecule has 0 bridgehead atoms. The first kappa shape index (κ1) is 16.6. The highest BCUT2D eigenvalue weighted by atomic mass is 32.2. The molecule has 0 aliphatic rings. The first-order valence-corrected chi connectivity index (χ1v) is 10.1. The van der Waals surface area contributed by atoms with Crippen LogP contribution >= 0.6 is 11.8 Å². The number of benzene rings is 3. The molecule has 0 unspecified atom stereocenters. The van der Waals surface area contributed by atoms with E-state index in [-0.39, 0.29) is 4.90 Å². The second kappa shape index (κ2) is 7.11. The maximum atomic E-state index is 12.7. The molecule has 5 heteroatoms. The SMILES string of the molecule is CSc1ccc(S(=O)(=O)Nc2ccccc2-c2ccccc2)cc1. The number of para-hydroxylation sites is 1. The minimum absolute atomic E-state index is 0.253. The van der Waals surface area contributed by atoms with Crippen molar-refractivity contribution < 1.29 is 8.42 Å². The molecule has 3 aromatic carbocycles. The van der Waals surface area contributed by atoms with Crippen LogP contribution in [0.25, 0.3) is 11.1 Å². The summed E-state index contributed by atoms with van der Waals surface area (Å²) in [6, 6.07) is 24.0. The number of hydrogen-bond acceptors (Lipinski definition) is 3. The van der Waals surface area contributed by atoms with E-state index in [0.29, 0.717) is 5.69 Å². The van der Waals surface area contributed by atoms with Crippen molar-refractivity contribution in [2.75, 3.05) is 11.0 Å². The van der Waals surface area contributed by atoms with Crippen LogP contribution < -0.4 is 4.72 Å². The van der Waals surface area contributed by atoms with E-state index in [1.165, 1.54) is 0 Å². The van der Waals surface area contributed by atoms with Crippen LogP contribution in [0.3, 0.4) is 0 Å². The number of nitrogens with one attached hydrogen (secondary N) is 1. The molecule has 0 spiro atoms. The lowest BCUT2D eigenvalue weighted by Gasteiger charge is -2.13. The fourth-order valence-corrected chi connectivity index (χ4v) is 3.89. The van der Waals surface area contributed by atoms with Crippen LogP contribution in [0.2, 0.25) is 0 Å². The van der Waals surface area contributed by atoms with Crippen molar-refractivity contribution in [3.8, 4) is 11.1 Å². The summed E-state index contributed by atoms with van der Waals surface area (Å²) in [7, 11) is -3.63. The minimum Gasteiger partial charge on any atom is -0.279 e. The molecule has 0 saturated heterocycles. The predicted molar refractivity (Wildman–Crippen MR) is 101 cm³/mol. The Kier molecular flexibility index (Phi) is 4.92. The quantitative estimate of drug-likeness (QED) is 0.664. The maximum absolute atomic E-state index is 12.7. The van der Waals surface area contributed by atoms with Crippen molar-refractivity contribution in [3.05, 3.63) is 78.9 Å². The molecule has 1 N–H and O–H groups in total. The van der Waals surface area contributed by atoms with Gasteiger partial charge in [0.1, 0.15) is 0 Å². The molecule has 24 heavy (non-hydrogen) atoms. The van der Waals surface area contributed by atoms with Gasteiger partial charge in [-0.2, -0.15) is 0 Å². The zero-order chi connectivity index (χ0) is 17.0. The topological polar surface area (TPSA) is 46.2 Å². The van der Waals surface area contributed by atoms with Crippen molar-refractivity contribution in [2.45, 2.75) is 9.79 Å². The zero-order valence-corrected chi connectivity index (χ0v) is 14.8. The zero-order valence-electron chi connectivity index (χ0n) is 13.1. The van der Waals surface area contributed by atoms with Crippen molar-refractivity contribution >= 4 is 27.5 Å². The lowest BCUT2D eigenvalue weighted by Crippen LogP contribution is -2.13. The van der Waals surface area contributed by atoms with E-state index in [0.717, 1.165) is 16.0 Å². The van der Waals surface area contributed by atoms with Crippen LogP contribution in [0.4, 0.5) is 5.69 Å². The summed E-state index contributed by atoms with van der Waals surface area (Å²) in [6.07, 6.45) is 1.96. The highest BCUT2D eigenvalue weighted by Crippen LogP contribution is 2.29. The molecule has 0 saturated carbocycles. The van der Waals surface area contributed by atoms with Gasteiger partial charge < -0.3 is 0 Å². The van der Waals surface area contributed by atoms with Crippen molar-refractivity contribution in [3.63, 3.8) is 0 Å². The van der Waals surface area contributed by atoms with Gasteiger partial charge in [0, 0.05) is 10.5 Å². The Labute approximate surface area is 146 Å². The van der Waals surface area contributed by atoms with Gasteiger partial charge >= 0.3 is 0 Å². The van der Waals surface area contributed by atoms with E-state index in [9.17, 15) is 8.42 Å². The number of sulfonamides is 1. The van der Waals surface area contributed by atoms with Gasteiger partial charge in [-0.25, -0.2) is 8.42 Å². The average Bonchev–Trinajstić information content (AvgIpc) is 2.63. The number of thioether (sulfide) groups is 1. The summed E-state index contributed by atoms with van der Waals surface area (Å²) >= 11 is 1.58. The van der Waals surface area contributed by atoms with Crippen LogP contribution in [0.15, 0.2) is 88.7 Å². The summed E-state index contributed by atoms with van der Waals surface area (Å²) in [6.45, 7) is 0. The highest BCUT2D eigenvalue weighted by molar-refractivity contribution is 7.98. The number of anilines is 1. The third-order valence-electron chi connectivity index (χ3n) is 3.63. The normalized spacial score (nSPS) is 11.2. The van der Waals surface area contributed by atoms with Gasteiger partial charge in [0.15, 0.2) is 0 Å². The summed E-state index contributed by atoms with van der Waals surface area (Å²) in [5.41, 5.74) is 2.38. The van der Waals surface area contributed by atoms with E-state index in [1.54, 1.807) is 30.0 Å². The van der Waals surface area contributed by atoms with Gasteiger partial charge in [0.2, 0.25) is 0 Å². The molecule has 0 heterocycles. The molecule has 0 radical (unpaired) electrons. The average molecular weight is 355 g/mol. The Bertz CT molecular complexity index is 921. The van der Waals surface area contributed by atoms with Gasteiger partial charge in [-0.05, 0) is 42.2 Å². The van der Waals surface area contributed by atoms with Crippen LogP contribution in [0.1, 0.15) is 0 Å². The smallest absolute Gasteiger partial charge is 0.261 e. The Morgan fingerprint density at radius 1 is 0.792 bits per heavy atom. The Morgan fingerprint density at radius 3 is 2.08 bits per heavy atom. The first-order valence-electron chi connectivity index (χ1n) is 7.41. The molecule has 0 aliphatic heterocycles. The lowest BCUT2D eigenvalue weighted by atomic mass is 10.0. The molecular weight excluding hydrogens is 338 g/mol. The van der Waals surface area contributed by atoms with Crippen LogP contribution in [-0.2, 0) is 10.0 Å². The Morgan fingerprint density at radius 2 is 1.42 bits per heavy atom. The molecule has 3 aromatic rings. The van der Waals surface area contributed by atoms with E-state index in [4.69, 9.17) is 0 Å². The van der Waals surface area contributed by atoms with E-state index < -0.39 is 10.0 Å². The van der Waals surface area contributed by atoms with Crippen LogP contribution in [-0.4, -0.2) is 14.7 Å². The van der Waals surface area contributed by atoms with E-state index in [2.05, 4.69) is 4.72 Å². The van der Waals surface area contributed by atoms with Crippen molar-refractivity contribution in [2.24, 2.45) is 0 Å². The first-order chi connectivity index (χ1) is 11.6. The van der Waals surface area contributed by atoms with Crippen molar-refractivity contribution in [1.29, 1.82) is 0 Å². The summed E-state index contributed by atoms with van der Waals surface area (Å²) in [4.78, 5) is 1.28. The van der Waals surface area contributed by atoms with Gasteiger partial charge in [-0.3, -0.25) is 4.72 Å². The Balaban J connectivity index is 1.96.